The normalized spacial score (nSPS) is 32.7. The Morgan fingerprint density at radius 1 is 1.19 bits per heavy atom. The van der Waals surface area contributed by atoms with Crippen molar-refractivity contribution in [1.82, 2.24) is 4.98 Å². The van der Waals surface area contributed by atoms with Crippen molar-refractivity contribution < 1.29 is 0 Å². The van der Waals surface area contributed by atoms with Crippen LogP contribution in [0.15, 0.2) is 23.3 Å². The molecule has 16 heavy (non-hydrogen) atoms. The Kier molecular flexibility index (Phi) is 2.68. The lowest BCUT2D eigenvalue weighted by Gasteiger charge is -2.35. The minimum absolute atomic E-state index is 0.585. The van der Waals surface area contributed by atoms with Gasteiger partial charge in [0, 0.05) is 19.0 Å². The maximum absolute atomic E-state index is 5.81. The van der Waals surface area contributed by atoms with Crippen molar-refractivity contribution >= 4 is 17.8 Å². The summed E-state index contributed by atoms with van der Waals surface area (Å²) in [5.41, 5.74) is 1.34. The van der Waals surface area contributed by atoms with Crippen molar-refractivity contribution in [2.45, 2.75) is 25.2 Å². The van der Waals surface area contributed by atoms with Crippen molar-refractivity contribution in [3.63, 3.8) is 0 Å². The molecule has 0 amide bonds. The second kappa shape index (κ2) is 4.17. The van der Waals surface area contributed by atoms with E-state index in [9.17, 15) is 0 Å². The number of hydrogen-bond acceptors (Lipinski definition) is 2. The Bertz CT molecular complexity index is 399. The van der Waals surface area contributed by atoms with Gasteiger partial charge in [-0.1, -0.05) is 17.7 Å². The molecule has 2 aliphatic rings. The van der Waals surface area contributed by atoms with E-state index in [-0.39, 0.29) is 0 Å². The van der Waals surface area contributed by atoms with Crippen LogP contribution in [-0.2, 0) is 0 Å². The molecular formula is C13H15ClN2. The summed E-state index contributed by atoms with van der Waals surface area (Å²) in [6.07, 6.45) is 7.92. The van der Waals surface area contributed by atoms with Crippen LogP contribution in [0, 0.1) is 11.8 Å². The smallest absolute Gasteiger partial charge is 0.129 e. The lowest BCUT2D eigenvalue weighted by atomic mass is 9.72. The zero-order valence-corrected chi connectivity index (χ0v) is 9.90. The van der Waals surface area contributed by atoms with Crippen LogP contribution < -0.4 is 0 Å². The highest BCUT2D eigenvalue weighted by atomic mass is 35.5. The molecule has 1 aromatic rings. The monoisotopic (exact) mass is 234 g/mol. The zero-order chi connectivity index (χ0) is 11.0. The first-order valence-corrected chi connectivity index (χ1v) is 6.30. The van der Waals surface area contributed by atoms with E-state index >= 15 is 0 Å². The van der Waals surface area contributed by atoms with E-state index in [1.54, 1.807) is 0 Å². The summed E-state index contributed by atoms with van der Waals surface area (Å²) < 4.78 is 0. The van der Waals surface area contributed by atoms with Gasteiger partial charge in [-0.2, -0.15) is 0 Å². The van der Waals surface area contributed by atoms with Crippen molar-refractivity contribution in [2.24, 2.45) is 16.8 Å². The average molecular weight is 235 g/mol. The predicted molar refractivity (Wildman–Crippen MR) is 66.2 cm³/mol. The first kappa shape index (κ1) is 10.3. The van der Waals surface area contributed by atoms with Crippen LogP contribution in [0.3, 0.4) is 0 Å². The number of hydrogen-bond donors (Lipinski definition) is 0. The highest BCUT2D eigenvalue weighted by Crippen LogP contribution is 2.40. The third-order valence-corrected chi connectivity index (χ3v) is 3.97. The molecule has 0 saturated heterocycles. The fourth-order valence-electron chi connectivity index (χ4n) is 3.02. The molecule has 2 nitrogen and oxygen atoms in total. The lowest BCUT2D eigenvalue weighted by molar-refractivity contribution is 0.280. The molecule has 0 N–H and O–H groups in total. The topological polar surface area (TPSA) is 25.2 Å². The van der Waals surface area contributed by atoms with E-state index < -0.39 is 0 Å². The van der Waals surface area contributed by atoms with E-state index in [1.165, 1.54) is 24.8 Å². The molecule has 2 bridgehead atoms. The van der Waals surface area contributed by atoms with Gasteiger partial charge in [0.2, 0.25) is 0 Å². The summed E-state index contributed by atoms with van der Waals surface area (Å²) in [7, 11) is 0. The van der Waals surface area contributed by atoms with Crippen molar-refractivity contribution in [1.29, 1.82) is 0 Å². The van der Waals surface area contributed by atoms with E-state index in [4.69, 9.17) is 11.6 Å². The Morgan fingerprint density at radius 2 is 2.12 bits per heavy atom. The highest BCUT2D eigenvalue weighted by molar-refractivity contribution is 6.29. The predicted octanol–water partition coefficient (Wildman–Crippen LogP) is 3.32. The molecule has 3 heteroatoms. The minimum Gasteiger partial charge on any atom is -0.297 e. The molecule has 1 fully saturated rings. The van der Waals surface area contributed by atoms with E-state index in [0.29, 0.717) is 17.0 Å². The number of nitrogens with zero attached hydrogens (tertiary/aromatic N) is 2. The molecule has 1 saturated carbocycles. The molecule has 1 aliphatic carbocycles. The van der Waals surface area contributed by atoms with Crippen LogP contribution in [0.5, 0.6) is 0 Å². The van der Waals surface area contributed by atoms with Gasteiger partial charge in [0.1, 0.15) is 5.15 Å². The van der Waals surface area contributed by atoms with Crippen molar-refractivity contribution in [3.05, 3.63) is 29.0 Å². The van der Waals surface area contributed by atoms with Crippen LogP contribution in [0.25, 0.3) is 0 Å². The third-order valence-electron chi connectivity index (χ3n) is 3.74. The van der Waals surface area contributed by atoms with Gasteiger partial charge < -0.3 is 0 Å². The average Bonchev–Trinajstić information content (AvgIpc) is 2.29. The van der Waals surface area contributed by atoms with Crippen molar-refractivity contribution in [2.75, 3.05) is 6.54 Å². The van der Waals surface area contributed by atoms with Gasteiger partial charge >= 0.3 is 0 Å². The summed E-state index contributed by atoms with van der Waals surface area (Å²) >= 11 is 5.81. The van der Waals surface area contributed by atoms with E-state index in [2.05, 4.69) is 22.3 Å². The fraction of sp³-hybridized carbons (Fsp3) is 0.538. The van der Waals surface area contributed by atoms with E-state index in [0.717, 1.165) is 12.5 Å². The quantitative estimate of drug-likeness (QED) is 0.685. The molecule has 1 aromatic heterocycles. The number of halogens is 1. The van der Waals surface area contributed by atoms with Crippen LogP contribution in [0.4, 0.5) is 0 Å². The summed E-state index contributed by atoms with van der Waals surface area (Å²) in [5, 5.41) is 0.585. The Labute approximate surface area is 101 Å². The Hall–Kier alpha value is -0.890. The maximum Gasteiger partial charge on any atom is 0.129 e. The number of pyridine rings is 1. The van der Waals surface area contributed by atoms with Gasteiger partial charge in [-0.05, 0) is 48.6 Å². The first-order valence-electron chi connectivity index (χ1n) is 5.92. The number of aromatic nitrogens is 1. The summed E-state index contributed by atoms with van der Waals surface area (Å²) in [5.74, 6) is 2.12. The van der Waals surface area contributed by atoms with Crippen LogP contribution in [0.2, 0.25) is 5.15 Å². The van der Waals surface area contributed by atoms with Crippen LogP contribution in [0.1, 0.15) is 30.7 Å². The molecule has 1 aliphatic heterocycles. The van der Waals surface area contributed by atoms with Gasteiger partial charge in [-0.15, -0.1) is 0 Å². The van der Waals surface area contributed by atoms with Crippen molar-refractivity contribution in [3.8, 4) is 0 Å². The third kappa shape index (κ3) is 1.99. The van der Waals surface area contributed by atoms with Gasteiger partial charge in [-0.3, -0.25) is 4.99 Å². The highest BCUT2D eigenvalue weighted by Gasteiger charge is 2.30. The number of rotatable bonds is 1. The number of aliphatic imine (C=N–C) groups is 1. The molecule has 3 rings (SSSR count). The van der Waals surface area contributed by atoms with Gasteiger partial charge in [0.05, 0.1) is 0 Å². The Balaban J connectivity index is 1.81. The molecule has 2 heterocycles. The minimum atomic E-state index is 0.585. The fourth-order valence-corrected chi connectivity index (χ4v) is 3.13. The van der Waals surface area contributed by atoms with Gasteiger partial charge in [-0.25, -0.2) is 4.98 Å². The molecule has 0 aromatic carbocycles. The maximum atomic E-state index is 5.81. The van der Waals surface area contributed by atoms with Gasteiger partial charge in [0.25, 0.3) is 0 Å². The molecule has 0 radical (unpaired) electrons. The SMILES string of the molecule is Clc1ccc(C2CC3C=NCC(C3)C2)cn1. The Morgan fingerprint density at radius 3 is 2.88 bits per heavy atom. The first-order chi connectivity index (χ1) is 7.81. The van der Waals surface area contributed by atoms with Crippen LogP contribution >= 0.6 is 11.6 Å². The summed E-state index contributed by atoms with van der Waals surface area (Å²) in [4.78, 5) is 8.62. The molecule has 3 atom stereocenters. The van der Waals surface area contributed by atoms with Crippen LogP contribution in [-0.4, -0.2) is 17.7 Å². The second-order valence-electron chi connectivity index (χ2n) is 4.96. The molecular weight excluding hydrogens is 220 g/mol. The summed E-state index contributed by atoms with van der Waals surface area (Å²) in [6, 6.07) is 4.02. The molecule has 3 unspecified atom stereocenters. The number of fused-ring (bicyclic) bond motifs is 2. The largest absolute Gasteiger partial charge is 0.297 e. The lowest BCUT2D eigenvalue weighted by Crippen LogP contribution is -2.27. The van der Waals surface area contributed by atoms with Gasteiger partial charge in [0.15, 0.2) is 0 Å². The molecule has 84 valence electrons. The second-order valence-corrected chi connectivity index (χ2v) is 5.35. The standard InChI is InChI=1S/C13H15ClN2/c14-13-2-1-11(8-16-13)12-4-9-3-10(5-12)7-15-6-9/h1-2,6,8-10,12H,3-5,7H2. The molecule has 0 spiro atoms. The zero-order valence-electron chi connectivity index (χ0n) is 9.14. The van der Waals surface area contributed by atoms with E-state index in [1.807, 2.05) is 12.3 Å². The summed E-state index contributed by atoms with van der Waals surface area (Å²) in [6.45, 7) is 1.02.